The summed E-state index contributed by atoms with van der Waals surface area (Å²) in [5.74, 6) is 0. The van der Waals surface area contributed by atoms with E-state index in [-0.39, 0.29) is 4.90 Å². The van der Waals surface area contributed by atoms with Gasteiger partial charge in [0.15, 0.2) is 0 Å². The van der Waals surface area contributed by atoms with Gasteiger partial charge in [-0.3, -0.25) is 0 Å². The Morgan fingerprint density at radius 2 is 1.76 bits per heavy atom. The lowest BCUT2D eigenvalue weighted by atomic mass is 10.0. The van der Waals surface area contributed by atoms with Crippen molar-refractivity contribution >= 4 is 32.6 Å². The molecule has 0 aliphatic rings. The Morgan fingerprint density at radius 3 is 2.18 bits per heavy atom. The van der Waals surface area contributed by atoms with Crippen LogP contribution in [0, 0.1) is 3.57 Å². The molecule has 0 saturated carbocycles. The fourth-order valence-electron chi connectivity index (χ4n) is 1.10. The van der Waals surface area contributed by atoms with Crippen molar-refractivity contribution in [2.24, 2.45) is 0 Å². The van der Waals surface area contributed by atoms with Gasteiger partial charge in [-0.15, -0.1) is 0 Å². The molecule has 4 nitrogen and oxygen atoms in total. The molecule has 1 unspecified atom stereocenters. The highest BCUT2D eigenvalue weighted by Crippen LogP contribution is 2.17. The molecular weight excluding hydrogens is 353 g/mol. The number of rotatable bonds is 4. The first-order valence-corrected chi connectivity index (χ1v) is 7.69. The first-order valence-electron chi connectivity index (χ1n) is 5.13. The standard InChI is InChI=1S/C11H16INO3S/c1-8(14)11(2,3)13-17(15,16)10-6-4-9(12)5-7-10/h4-8,13-14H,1-3H3. The van der Waals surface area contributed by atoms with Gasteiger partial charge in [-0.05, 0) is 67.6 Å². The van der Waals surface area contributed by atoms with Crippen molar-refractivity contribution in [1.82, 2.24) is 4.72 Å². The Bertz CT molecular complexity index is 480. The molecule has 1 aromatic carbocycles. The molecule has 0 aromatic heterocycles. The molecule has 1 rings (SSSR count). The Morgan fingerprint density at radius 1 is 1.29 bits per heavy atom. The van der Waals surface area contributed by atoms with Crippen molar-refractivity contribution in [2.75, 3.05) is 0 Å². The summed E-state index contributed by atoms with van der Waals surface area (Å²) >= 11 is 2.11. The average molecular weight is 369 g/mol. The van der Waals surface area contributed by atoms with Crippen LogP contribution in [0.25, 0.3) is 0 Å². The second-order valence-electron chi connectivity index (χ2n) is 4.46. The predicted octanol–water partition coefficient (Wildman–Crippen LogP) is 1.73. The molecule has 96 valence electrons. The van der Waals surface area contributed by atoms with Crippen molar-refractivity contribution in [3.05, 3.63) is 27.8 Å². The van der Waals surface area contributed by atoms with Gasteiger partial charge in [0, 0.05) is 3.57 Å². The maximum Gasteiger partial charge on any atom is 0.241 e. The fraction of sp³-hybridized carbons (Fsp3) is 0.455. The van der Waals surface area contributed by atoms with E-state index in [9.17, 15) is 13.5 Å². The maximum absolute atomic E-state index is 12.0. The van der Waals surface area contributed by atoms with Crippen molar-refractivity contribution in [3.63, 3.8) is 0 Å². The molecule has 0 amide bonds. The van der Waals surface area contributed by atoms with Crippen molar-refractivity contribution < 1.29 is 13.5 Å². The summed E-state index contributed by atoms with van der Waals surface area (Å²) in [6.45, 7) is 4.83. The number of nitrogens with one attached hydrogen (secondary N) is 1. The minimum absolute atomic E-state index is 0.201. The van der Waals surface area contributed by atoms with Crippen LogP contribution in [0.4, 0.5) is 0 Å². The van der Waals surface area contributed by atoms with Gasteiger partial charge in [0.05, 0.1) is 16.5 Å². The van der Waals surface area contributed by atoms with E-state index in [2.05, 4.69) is 27.3 Å². The lowest BCUT2D eigenvalue weighted by Gasteiger charge is -2.28. The number of hydrogen-bond donors (Lipinski definition) is 2. The van der Waals surface area contributed by atoms with Gasteiger partial charge in [-0.2, -0.15) is 0 Å². The SMILES string of the molecule is CC(O)C(C)(C)NS(=O)(=O)c1ccc(I)cc1. The molecule has 0 saturated heterocycles. The maximum atomic E-state index is 12.0. The molecule has 0 aliphatic carbocycles. The highest BCUT2D eigenvalue weighted by Gasteiger charge is 2.30. The third-order valence-corrected chi connectivity index (χ3v) is 4.97. The van der Waals surface area contributed by atoms with Gasteiger partial charge in [-0.25, -0.2) is 13.1 Å². The van der Waals surface area contributed by atoms with E-state index < -0.39 is 21.7 Å². The smallest absolute Gasteiger partial charge is 0.241 e. The molecule has 17 heavy (non-hydrogen) atoms. The van der Waals surface area contributed by atoms with Crippen LogP contribution >= 0.6 is 22.6 Å². The van der Waals surface area contributed by atoms with Gasteiger partial charge in [0.1, 0.15) is 0 Å². The van der Waals surface area contributed by atoms with Crippen LogP contribution in [0.1, 0.15) is 20.8 Å². The van der Waals surface area contributed by atoms with E-state index in [0.29, 0.717) is 0 Å². The zero-order chi connectivity index (χ0) is 13.3. The molecule has 6 heteroatoms. The van der Waals surface area contributed by atoms with Gasteiger partial charge in [0.25, 0.3) is 0 Å². The summed E-state index contributed by atoms with van der Waals surface area (Å²) in [4.78, 5) is 0.201. The van der Waals surface area contributed by atoms with Gasteiger partial charge >= 0.3 is 0 Å². The van der Waals surface area contributed by atoms with E-state index in [1.165, 1.54) is 0 Å². The Hall–Kier alpha value is -0.180. The predicted molar refractivity (Wildman–Crippen MR) is 75.2 cm³/mol. The van der Waals surface area contributed by atoms with E-state index in [0.717, 1.165) is 3.57 Å². The molecule has 0 radical (unpaired) electrons. The highest BCUT2D eigenvalue weighted by molar-refractivity contribution is 14.1. The third kappa shape index (κ3) is 3.90. The number of aliphatic hydroxyl groups excluding tert-OH is 1. The molecule has 0 aliphatic heterocycles. The van der Waals surface area contributed by atoms with Crippen molar-refractivity contribution in [1.29, 1.82) is 0 Å². The minimum Gasteiger partial charge on any atom is -0.391 e. The lowest BCUT2D eigenvalue weighted by Crippen LogP contribution is -2.50. The van der Waals surface area contributed by atoms with Crippen molar-refractivity contribution in [3.8, 4) is 0 Å². The van der Waals surface area contributed by atoms with Crippen LogP contribution in [0.2, 0.25) is 0 Å². The first kappa shape index (κ1) is 14.9. The average Bonchev–Trinajstić information content (AvgIpc) is 2.16. The monoisotopic (exact) mass is 369 g/mol. The molecular formula is C11H16INO3S. The van der Waals surface area contributed by atoms with Crippen LogP contribution in [0.3, 0.4) is 0 Å². The minimum atomic E-state index is -3.59. The zero-order valence-corrected chi connectivity index (χ0v) is 12.9. The second kappa shape index (κ2) is 5.21. The van der Waals surface area contributed by atoms with Crippen LogP contribution in [-0.4, -0.2) is 25.2 Å². The van der Waals surface area contributed by atoms with Crippen LogP contribution in [0.5, 0.6) is 0 Å². The summed E-state index contributed by atoms with van der Waals surface area (Å²) in [7, 11) is -3.59. The van der Waals surface area contributed by atoms with E-state index in [1.54, 1.807) is 45.0 Å². The molecule has 0 spiro atoms. The number of aliphatic hydroxyl groups is 1. The number of halogens is 1. The number of hydrogen-bond acceptors (Lipinski definition) is 3. The lowest BCUT2D eigenvalue weighted by molar-refractivity contribution is 0.111. The summed E-state index contributed by atoms with van der Waals surface area (Å²) in [6.07, 6.45) is -0.777. The summed E-state index contributed by atoms with van der Waals surface area (Å²) in [5, 5.41) is 9.51. The van der Waals surface area contributed by atoms with Gasteiger partial charge in [-0.1, -0.05) is 0 Å². The Labute approximate surface area is 116 Å². The molecule has 2 N–H and O–H groups in total. The van der Waals surface area contributed by atoms with Gasteiger partial charge in [0.2, 0.25) is 10.0 Å². The molecule has 1 atom stereocenters. The van der Waals surface area contributed by atoms with Gasteiger partial charge < -0.3 is 5.11 Å². The summed E-state index contributed by atoms with van der Waals surface area (Å²) in [6, 6.07) is 6.54. The van der Waals surface area contributed by atoms with Crippen molar-refractivity contribution in [2.45, 2.75) is 37.3 Å². The number of benzene rings is 1. The summed E-state index contributed by atoms with van der Waals surface area (Å²) < 4.78 is 27.5. The summed E-state index contributed by atoms with van der Waals surface area (Å²) in [5.41, 5.74) is -0.901. The van der Waals surface area contributed by atoms with E-state index >= 15 is 0 Å². The normalized spacial score (nSPS) is 14.6. The van der Waals surface area contributed by atoms with Crippen LogP contribution in [0.15, 0.2) is 29.2 Å². The molecule has 1 aromatic rings. The zero-order valence-electron chi connectivity index (χ0n) is 9.94. The highest BCUT2D eigenvalue weighted by atomic mass is 127. The second-order valence-corrected chi connectivity index (χ2v) is 7.39. The topological polar surface area (TPSA) is 66.4 Å². The first-order chi connectivity index (χ1) is 7.65. The number of sulfonamides is 1. The largest absolute Gasteiger partial charge is 0.391 e. The van der Waals surface area contributed by atoms with E-state index in [1.807, 2.05) is 0 Å². The third-order valence-electron chi connectivity index (χ3n) is 2.57. The Balaban J connectivity index is 3.01. The van der Waals surface area contributed by atoms with Crippen LogP contribution in [-0.2, 0) is 10.0 Å². The van der Waals surface area contributed by atoms with E-state index in [4.69, 9.17) is 0 Å². The molecule has 0 heterocycles. The molecule has 0 bridgehead atoms. The quantitative estimate of drug-likeness (QED) is 0.795. The fourth-order valence-corrected chi connectivity index (χ4v) is 2.94. The Kier molecular flexibility index (Phi) is 4.56. The molecule has 0 fully saturated rings. The van der Waals surface area contributed by atoms with Crippen LogP contribution < -0.4 is 4.72 Å².